The third-order valence-corrected chi connectivity index (χ3v) is 6.42. The van der Waals surface area contributed by atoms with Crippen LogP contribution in [-0.2, 0) is 11.2 Å². The number of aliphatic hydroxyl groups is 1. The molecule has 9 heteroatoms. The van der Waals surface area contributed by atoms with Gasteiger partial charge in [0.25, 0.3) is 0 Å². The Hall–Kier alpha value is -1.74. The Balaban J connectivity index is 1.69. The van der Waals surface area contributed by atoms with Crippen molar-refractivity contribution in [2.24, 2.45) is 0 Å². The number of rotatable bonds is 12. The average molecular weight is 448 g/mol. The van der Waals surface area contributed by atoms with E-state index in [0.717, 1.165) is 24.8 Å². The number of aliphatic hydroxyl groups excluding tert-OH is 1. The molecule has 2 N–H and O–H groups in total. The Morgan fingerprint density at radius 1 is 1.17 bits per heavy atom. The van der Waals surface area contributed by atoms with Crippen molar-refractivity contribution in [3.05, 3.63) is 35.4 Å². The summed E-state index contributed by atoms with van der Waals surface area (Å²) in [5.74, 6) is -0.527. The summed E-state index contributed by atoms with van der Waals surface area (Å²) >= 11 is 1.57. The zero-order chi connectivity index (χ0) is 22.1. The number of aromatic carboxylic acids is 1. The molecule has 2 rings (SSSR count). The molecule has 0 aliphatic carbocycles. The topological polar surface area (TPSA) is 77.8 Å². The summed E-state index contributed by atoms with van der Waals surface area (Å²) in [6.45, 7) is 0.407. The van der Waals surface area contributed by atoms with E-state index in [4.69, 9.17) is 5.11 Å². The summed E-state index contributed by atoms with van der Waals surface area (Å²) in [5.41, 5.74) is 1.29. The fraction of sp³-hybridized carbons (Fsp3) is 0.619. The highest BCUT2D eigenvalue weighted by molar-refractivity contribution is 8.00. The summed E-state index contributed by atoms with van der Waals surface area (Å²) in [4.78, 5) is 24.8. The predicted octanol–water partition coefficient (Wildman–Crippen LogP) is 4.48. The van der Waals surface area contributed by atoms with Crippen molar-refractivity contribution in [1.29, 1.82) is 0 Å². The van der Waals surface area contributed by atoms with Gasteiger partial charge in [-0.2, -0.15) is 13.2 Å². The van der Waals surface area contributed by atoms with Crippen molar-refractivity contribution in [3.8, 4) is 0 Å². The first-order valence-electron chi connectivity index (χ1n) is 10.1. The Labute approximate surface area is 178 Å². The van der Waals surface area contributed by atoms with Crippen molar-refractivity contribution >= 4 is 23.6 Å². The second-order valence-corrected chi connectivity index (χ2v) is 8.72. The van der Waals surface area contributed by atoms with Gasteiger partial charge in [0.05, 0.1) is 22.8 Å². The molecule has 1 aliphatic heterocycles. The van der Waals surface area contributed by atoms with Gasteiger partial charge in [-0.15, -0.1) is 11.8 Å². The van der Waals surface area contributed by atoms with Gasteiger partial charge in [0.2, 0.25) is 5.91 Å². The van der Waals surface area contributed by atoms with Gasteiger partial charge in [0, 0.05) is 13.0 Å². The second kappa shape index (κ2) is 11.6. The lowest BCUT2D eigenvalue weighted by Crippen LogP contribution is -2.35. The number of hydrogen-bond donors (Lipinski definition) is 2. The first kappa shape index (κ1) is 24.5. The van der Waals surface area contributed by atoms with E-state index in [0.29, 0.717) is 31.6 Å². The summed E-state index contributed by atoms with van der Waals surface area (Å²) in [5, 5.41) is 19.0. The fourth-order valence-corrected chi connectivity index (χ4v) is 4.68. The van der Waals surface area contributed by atoms with E-state index in [1.54, 1.807) is 40.9 Å². The molecule has 1 saturated heterocycles. The Morgan fingerprint density at radius 2 is 1.87 bits per heavy atom. The van der Waals surface area contributed by atoms with Gasteiger partial charge in [-0.3, -0.25) is 4.79 Å². The van der Waals surface area contributed by atoms with E-state index in [1.165, 1.54) is 0 Å². The van der Waals surface area contributed by atoms with Crippen molar-refractivity contribution in [2.45, 2.75) is 69.0 Å². The third-order valence-electron chi connectivity index (χ3n) is 5.14. The first-order chi connectivity index (χ1) is 14.2. The number of nitrogens with zero attached hydrogens (tertiary/aromatic N) is 1. The number of carboxylic acid groups (broad SMARTS) is 1. The molecule has 30 heavy (non-hydrogen) atoms. The monoisotopic (exact) mass is 447 g/mol. The van der Waals surface area contributed by atoms with Gasteiger partial charge < -0.3 is 15.1 Å². The molecule has 2 atom stereocenters. The van der Waals surface area contributed by atoms with Gasteiger partial charge >= 0.3 is 12.1 Å². The van der Waals surface area contributed by atoms with Gasteiger partial charge in [-0.1, -0.05) is 18.6 Å². The molecule has 2 unspecified atom stereocenters. The SMILES string of the molecule is O=C(O)c1ccc(CCCC2SCC(=O)N2CCC(O)CCCCC(F)(F)F)cc1. The molecule has 1 amide bonds. The molecule has 0 radical (unpaired) electrons. The lowest BCUT2D eigenvalue weighted by molar-refractivity contribution is -0.136. The van der Waals surface area contributed by atoms with Crippen LogP contribution in [0.25, 0.3) is 0 Å². The zero-order valence-corrected chi connectivity index (χ0v) is 17.6. The van der Waals surface area contributed by atoms with E-state index >= 15 is 0 Å². The number of unbranched alkanes of at least 4 members (excludes halogenated alkanes) is 1. The molecular weight excluding hydrogens is 419 g/mol. The number of thioether (sulfide) groups is 1. The Kier molecular flexibility index (Phi) is 9.48. The Bertz CT molecular complexity index is 696. The van der Waals surface area contributed by atoms with Crippen molar-refractivity contribution in [1.82, 2.24) is 4.90 Å². The molecular formula is C21H28F3NO4S. The van der Waals surface area contributed by atoms with Gasteiger partial charge in [-0.05, 0) is 56.2 Å². The number of carboxylic acids is 1. The van der Waals surface area contributed by atoms with Crippen molar-refractivity contribution in [3.63, 3.8) is 0 Å². The first-order valence-corrected chi connectivity index (χ1v) is 11.2. The minimum Gasteiger partial charge on any atom is -0.478 e. The van der Waals surface area contributed by atoms with Crippen LogP contribution in [0.3, 0.4) is 0 Å². The van der Waals surface area contributed by atoms with Crippen LogP contribution in [-0.4, -0.2) is 56.9 Å². The largest absolute Gasteiger partial charge is 0.478 e. The maximum atomic E-state index is 12.1. The number of halogens is 3. The molecule has 1 aromatic carbocycles. The number of hydrogen-bond acceptors (Lipinski definition) is 4. The van der Waals surface area contributed by atoms with E-state index in [2.05, 4.69) is 0 Å². The molecule has 0 spiro atoms. The van der Waals surface area contributed by atoms with Crippen LogP contribution < -0.4 is 0 Å². The smallest absolute Gasteiger partial charge is 0.389 e. The standard InChI is InChI=1S/C21H28F3NO4S/c22-21(23,24)12-2-1-5-17(26)11-13-25-18(27)14-30-19(25)6-3-4-15-7-9-16(10-8-15)20(28)29/h7-10,17,19,26H,1-6,11-14H2,(H,28,29). The maximum Gasteiger partial charge on any atom is 0.389 e. The minimum atomic E-state index is -4.16. The maximum absolute atomic E-state index is 12.1. The summed E-state index contributed by atoms with van der Waals surface area (Å²) in [6, 6.07) is 6.74. The summed E-state index contributed by atoms with van der Waals surface area (Å²) in [7, 11) is 0. The highest BCUT2D eigenvalue weighted by atomic mass is 32.2. The van der Waals surface area contributed by atoms with Crippen LogP contribution in [0.4, 0.5) is 13.2 Å². The van der Waals surface area contributed by atoms with E-state index in [-0.39, 0.29) is 23.3 Å². The van der Waals surface area contributed by atoms with Crippen LogP contribution in [0.2, 0.25) is 0 Å². The number of amides is 1. The summed E-state index contributed by atoms with van der Waals surface area (Å²) in [6.07, 6.45) is -2.29. The van der Waals surface area contributed by atoms with E-state index < -0.39 is 24.7 Å². The zero-order valence-electron chi connectivity index (χ0n) is 16.7. The lowest BCUT2D eigenvalue weighted by atomic mass is 10.1. The van der Waals surface area contributed by atoms with Gasteiger partial charge in [0.1, 0.15) is 0 Å². The van der Waals surface area contributed by atoms with Crippen LogP contribution in [0.1, 0.15) is 60.9 Å². The second-order valence-electron chi connectivity index (χ2n) is 7.55. The highest BCUT2D eigenvalue weighted by Crippen LogP contribution is 2.29. The molecule has 1 fully saturated rings. The number of aryl methyl sites for hydroxylation is 1. The molecule has 0 aromatic heterocycles. The van der Waals surface area contributed by atoms with Gasteiger partial charge in [-0.25, -0.2) is 4.79 Å². The average Bonchev–Trinajstić information content (AvgIpc) is 3.03. The predicted molar refractivity (Wildman–Crippen MR) is 109 cm³/mol. The third kappa shape index (κ3) is 8.55. The Morgan fingerprint density at radius 3 is 2.50 bits per heavy atom. The molecule has 0 bridgehead atoms. The minimum absolute atomic E-state index is 0.00905. The number of carbonyl (C=O) groups is 2. The van der Waals surface area contributed by atoms with Crippen LogP contribution >= 0.6 is 11.8 Å². The van der Waals surface area contributed by atoms with Crippen LogP contribution in [0.5, 0.6) is 0 Å². The molecule has 5 nitrogen and oxygen atoms in total. The molecule has 0 saturated carbocycles. The summed E-state index contributed by atoms with van der Waals surface area (Å²) < 4.78 is 36.4. The van der Waals surface area contributed by atoms with Crippen LogP contribution in [0, 0.1) is 0 Å². The molecule has 1 heterocycles. The van der Waals surface area contributed by atoms with Crippen molar-refractivity contribution in [2.75, 3.05) is 12.3 Å². The van der Waals surface area contributed by atoms with Crippen molar-refractivity contribution < 1.29 is 33.0 Å². The van der Waals surface area contributed by atoms with Crippen LogP contribution in [0.15, 0.2) is 24.3 Å². The number of alkyl halides is 3. The molecule has 1 aliphatic rings. The lowest BCUT2D eigenvalue weighted by Gasteiger charge is -2.25. The van der Waals surface area contributed by atoms with E-state index in [9.17, 15) is 27.9 Å². The fourth-order valence-electron chi connectivity index (χ4n) is 3.44. The molecule has 168 valence electrons. The highest BCUT2D eigenvalue weighted by Gasteiger charge is 2.31. The number of carbonyl (C=O) groups excluding carboxylic acids is 1. The van der Waals surface area contributed by atoms with E-state index in [1.807, 2.05) is 0 Å². The normalized spacial score (nSPS) is 18.1. The molecule has 1 aromatic rings. The van der Waals surface area contributed by atoms with Gasteiger partial charge in [0.15, 0.2) is 0 Å². The number of benzene rings is 1. The quantitative estimate of drug-likeness (QED) is 0.462.